The number of aromatic nitrogens is 1. The van der Waals surface area contributed by atoms with Crippen LogP contribution in [0.3, 0.4) is 0 Å². The average Bonchev–Trinajstić information content (AvgIpc) is 2.32. The Kier molecular flexibility index (Phi) is 3.53. The molecule has 94 valence electrons. The summed E-state index contributed by atoms with van der Waals surface area (Å²) in [6, 6.07) is 9.53. The molecule has 0 amide bonds. The summed E-state index contributed by atoms with van der Waals surface area (Å²) in [6.45, 7) is 0. The third kappa shape index (κ3) is 2.80. The predicted octanol–water partition coefficient (Wildman–Crippen LogP) is 2.23. The maximum atomic E-state index is 12.1. The fourth-order valence-electron chi connectivity index (χ4n) is 1.37. The molecule has 0 unspecified atom stereocenters. The number of para-hydroxylation sites is 1. The highest BCUT2D eigenvalue weighted by molar-refractivity contribution is 9.10. The van der Waals surface area contributed by atoms with Crippen molar-refractivity contribution in [3.63, 3.8) is 0 Å². The molecule has 1 heterocycles. The van der Waals surface area contributed by atoms with Gasteiger partial charge in [-0.25, -0.2) is 13.4 Å². The first kappa shape index (κ1) is 12.8. The highest BCUT2D eigenvalue weighted by Crippen LogP contribution is 2.21. The molecule has 0 saturated carbocycles. The Bertz CT molecular complexity index is 656. The summed E-state index contributed by atoms with van der Waals surface area (Å²) in [7, 11) is -3.69. The van der Waals surface area contributed by atoms with E-state index in [0.717, 1.165) is 0 Å². The summed E-state index contributed by atoms with van der Waals surface area (Å²) in [5, 5.41) is 0. The van der Waals surface area contributed by atoms with Gasteiger partial charge in [-0.2, -0.15) is 0 Å². The van der Waals surface area contributed by atoms with E-state index in [9.17, 15) is 8.42 Å². The Morgan fingerprint density at radius 2 is 1.89 bits per heavy atom. The molecule has 1 aromatic heterocycles. The lowest BCUT2D eigenvalue weighted by Crippen LogP contribution is -2.14. The van der Waals surface area contributed by atoms with Crippen molar-refractivity contribution in [3.8, 4) is 0 Å². The molecule has 0 spiro atoms. The quantitative estimate of drug-likeness (QED) is 0.668. The number of benzene rings is 1. The van der Waals surface area contributed by atoms with Crippen LogP contribution in [0.25, 0.3) is 0 Å². The zero-order valence-corrected chi connectivity index (χ0v) is 11.6. The summed E-state index contributed by atoms with van der Waals surface area (Å²) in [5.41, 5.74) is 6.22. The Balaban J connectivity index is 2.33. The molecule has 0 radical (unpaired) electrons. The van der Waals surface area contributed by atoms with Crippen LogP contribution in [-0.2, 0) is 10.0 Å². The SMILES string of the molecule is Nc1ccccc1S(=O)(=O)Nc1ccc(Br)nc1. The van der Waals surface area contributed by atoms with Gasteiger partial charge in [0.05, 0.1) is 17.6 Å². The fourth-order valence-corrected chi connectivity index (χ4v) is 2.78. The Labute approximate surface area is 113 Å². The second-order valence-electron chi connectivity index (χ2n) is 3.51. The van der Waals surface area contributed by atoms with Crippen molar-refractivity contribution < 1.29 is 8.42 Å². The van der Waals surface area contributed by atoms with Crippen LogP contribution in [0.2, 0.25) is 0 Å². The van der Waals surface area contributed by atoms with Gasteiger partial charge < -0.3 is 5.73 Å². The minimum absolute atomic E-state index is 0.0490. The Hall–Kier alpha value is -1.60. The topological polar surface area (TPSA) is 85.1 Å². The molecular formula is C11H10BrN3O2S. The maximum Gasteiger partial charge on any atom is 0.263 e. The number of halogens is 1. The van der Waals surface area contributed by atoms with Gasteiger partial charge in [-0.1, -0.05) is 12.1 Å². The first-order valence-electron chi connectivity index (χ1n) is 4.98. The van der Waals surface area contributed by atoms with Crippen molar-refractivity contribution in [2.75, 3.05) is 10.5 Å². The van der Waals surface area contributed by atoms with Crippen LogP contribution in [0.4, 0.5) is 11.4 Å². The number of sulfonamides is 1. The van der Waals surface area contributed by atoms with Gasteiger partial charge >= 0.3 is 0 Å². The number of pyridine rings is 1. The molecule has 1 aromatic carbocycles. The van der Waals surface area contributed by atoms with Crippen LogP contribution in [0.1, 0.15) is 0 Å². The van der Waals surface area contributed by atoms with Crippen molar-refractivity contribution in [2.24, 2.45) is 0 Å². The van der Waals surface area contributed by atoms with Crippen molar-refractivity contribution in [2.45, 2.75) is 4.90 Å². The van der Waals surface area contributed by atoms with E-state index in [1.807, 2.05) is 0 Å². The van der Waals surface area contributed by atoms with E-state index >= 15 is 0 Å². The zero-order chi connectivity index (χ0) is 13.2. The molecule has 0 bridgehead atoms. The van der Waals surface area contributed by atoms with Gasteiger partial charge in [-0.3, -0.25) is 4.72 Å². The number of anilines is 2. The third-order valence-electron chi connectivity index (χ3n) is 2.19. The number of nitrogens with one attached hydrogen (secondary N) is 1. The van der Waals surface area contributed by atoms with Gasteiger partial charge in [0.25, 0.3) is 10.0 Å². The second kappa shape index (κ2) is 4.95. The molecule has 0 atom stereocenters. The Morgan fingerprint density at radius 3 is 2.50 bits per heavy atom. The van der Waals surface area contributed by atoms with Crippen LogP contribution < -0.4 is 10.5 Å². The normalized spacial score (nSPS) is 11.2. The Morgan fingerprint density at radius 1 is 1.17 bits per heavy atom. The van der Waals surface area contributed by atoms with Crippen LogP contribution in [0.5, 0.6) is 0 Å². The second-order valence-corrected chi connectivity index (χ2v) is 5.98. The van der Waals surface area contributed by atoms with Crippen molar-refractivity contribution in [1.29, 1.82) is 0 Å². The van der Waals surface area contributed by atoms with Crippen molar-refractivity contribution >= 4 is 37.3 Å². The van der Waals surface area contributed by atoms with Crippen LogP contribution in [-0.4, -0.2) is 13.4 Å². The lowest BCUT2D eigenvalue weighted by atomic mass is 10.3. The number of nitrogen functional groups attached to an aromatic ring is 1. The standard InChI is InChI=1S/C11H10BrN3O2S/c12-11-6-5-8(7-14-11)15-18(16,17)10-4-2-1-3-9(10)13/h1-7,15H,13H2. The molecule has 2 aromatic rings. The number of rotatable bonds is 3. The van der Waals surface area contributed by atoms with Gasteiger partial charge in [0.2, 0.25) is 0 Å². The van der Waals surface area contributed by atoms with Gasteiger partial charge in [-0.15, -0.1) is 0 Å². The van der Waals surface area contributed by atoms with Crippen molar-refractivity contribution in [1.82, 2.24) is 4.98 Å². The first-order chi connectivity index (χ1) is 8.49. The lowest BCUT2D eigenvalue weighted by Gasteiger charge is -2.09. The van der Waals surface area contributed by atoms with E-state index in [0.29, 0.717) is 10.3 Å². The van der Waals surface area contributed by atoms with E-state index in [1.54, 1.807) is 24.3 Å². The lowest BCUT2D eigenvalue weighted by molar-refractivity contribution is 0.601. The molecule has 0 fully saturated rings. The first-order valence-corrected chi connectivity index (χ1v) is 7.25. The molecule has 0 aliphatic rings. The van der Waals surface area contributed by atoms with E-state index < -0.39 is 10.0 Å². The number of hydrogen-bond acceptors (Lipinski definition) is 4. The maximum absolute atomic E-state index is 12.1. The highest BCUT2D eigenvalue weighted by Gasteiger charge is 2.16. The number of nitrogens with zero attached hydrogens (tertiary/aromatic N) is 1. The minimum atomic E-state index is -3.69. The van der Waals surface area contributed by atoms with E-state index in [-0.39, 0.29) is 10.6 Å². The third-order valence-corrected chi connectivity index (χ3v) is 4.11. The van der Waals surface area contributed by atoms with Gasteiger partial charge in [0, 0.05) is 0 Å². The molecule has 0 aliphatic carbocycles. The summed E-state index contributed by atoms with van der Waals surface area (Å²) < 4.78 is 27.2. The van der Waals surface area contributed by atoms with Gasteiger partial charge in [0.1, 0.15) is 9.50 Å². The summed E-state index contributed by atoms with van der Waals surface area (Å²) in [4.78, 5) is 3.99. The minimum Gasteiger partial charge on any atom is -0.398 e. The number of hydrogen-bond donors (Lipinski definition) is 2. The summed E-state index contributed by atoms with van der Waals surface area (Å²) in [5.74, 6) is 0. The van der Waals surface area contributed by atoms with E-state index in [1.165, 1.54) is 18.3 Å². The highest BCUT2D eigenvalue weighted by atomic mass is 79.9. The summed E-state index contributed by atoms with van der Waals surface area (Å²) >= 11 is 3.17. The smallest absolute Gasteiger partial charge is 0.263 e. The molecule has 0 saturated heterocycles. The fraction of sp³-hybridized carbons (Fsp3) is 0. The molecule has 3 N–H and O–H groups in total. The molecule has 0 aliphatic heterocycles. The number of nitrogens with two attached hydrogens (primary N) is 1. The predicted molar refractivity (Wildman–Crippen MR) is 73.6 cm³/mol. The molecule has 18 heavy (non-hydrogen) atoms. The van der Waals surface area contributed by atoms with Crippen LogP contribution >= 0.6 is 15.9 Å². The van der Waals surface area contributed by atoms with Crippen molar-refractivity contribution in [3.05, 3.63) is 47.2 Å². The van der Waals surface area contributed by atoms with E-state index in [4.69, 9.17) is 5.73 Å². The molecular weight excluding hydrogens is 318 g/mol. The average molecular weight is 328 g/mol. The van der Waals surface area contributed by atoms with Crippen LogP contribution in [0.15, 0.2) is 52.1 Å². The van der Waals surface area contributed by atoms with E-state index in [2.05, 4.69) is 25.6 Å². The molecule has 2 rings (SSSR count). The van der Waals surface area contributed by atoms with Crippen LogP contribution in [0, 0.1) is 0 Å². The van der Waals surface area contributed by atoms with Gasteiger partial charge in [0.15, 0.2) is 0 Å². The molecule has 5 nitrogen and oxygen atoms in total. The zero-order valence-electron chi connectivity index (χ0n) is 9.17. The summed E-state index contributed by atoms with van der Waals surface area (Å²) in [6.07, 6.45) is 1.42. The largest absolute Gasteiger partial charge is 0.398 e. The monoisotopic (exact) mass is 327 g/mol. The molecule has 7 heteroatoms. The van der Waals surface area contributed by atoms with Gasteiger partial charge in [-0.05, 0) is 40.2 Å².